The maximum atomic E-state index is 15.2. The van der Waals surface area contributed by atoms with Crippen molar-refractivity contribution in [3.8, 4) is 5.75 Å². The van der Waals surface area contributed by atoms with E-state index in [4.69, 9.17) is 4.74 Å². The van der Waals surface area contributed by atoms with Gasteiger partial charge in [0.05, 0.1) is 18.2 Å². The SMILES string of the molecule is C[C@@H]1Cc2c([nH]c3c(F)cccc23)C(c2ccc(NC3CCN(CCCF)C3)cc2OC(F)F)N1C(F)C(F)F. The summed E-state index contributed by atoms with van der Waals surface area (Å²) in [7, 11) is 0. The number of alkyl halides is 6. The summed E-state index contributed by atoms with van der Waals surface area (Å²) >= 11 is 0. The van der Waals surface area contributed by atoms with Gasteiger partial charge in [-0.05, 0) is 43.9 Å². The molecule has 2 aliphatic heterocycles. The first kappa shape index (κ1) is 28.5. The minimum Gasteiger partial charge on any atom is -0.434 e. The molecule has 1 fully saturated rings. The van der Waals surface area contributed by atoms with Crippen LogP contribution in [-0.2, 0) is 6.42 Å². The van der Waals surface area contributed by atoms with Crippen molar-refractivity contribution in [2.75, 3.05) is 31.6 Å². The molecule has 3 heterocycles. The first-order valence-corrected chi connectivity index (χ1v) is 13.3. The van der Waals surface area contributed by atoms with Crippen LogP contribution in [0.3, 0.4) is 0 Å². The molecule has 218 valence electrons. The number of anilines is 1. The van der Waals surface area contributed by atoms with Crippen LogP contribution in [0.2, 0.25) is 0 Å². The number of fused-ring (bicyclic) bond motifs is 3. The number of aromatic nitrogens is 1. The molecule has 0 bridgehead atoms. The van der Waals surface area contributed by atoms with E-state index in [2.05, 4.69) is 15.2 Å². The second kappa shape index (κ2) is 11.9. The number of hydrogen-bond donors (Lipinski definition) is 2. The number of aromatic amines is 1. The summed E-state index contributed by atoms with van der Waals surface area (Å²) in [6.07, 6.45) is -4.74. The Morgan fingerprint density at radius 3 is 2.65 bits per heavy atom. The standard InChI is InChI=1S/C28H31F7N4O/c1-15-12-20-18-4-2-5-21(30)23(18)37-24(20)25(39(15)27(33)26(31)32)19-7-6-16(13-22(19)40-28(34)35)36-17-8-11-38(14-17)10-3-9-29/h2,4-7,13,15,17,25-28,36-37H,3,8-12,14H2,1H3/t15-,17?,25?,27?/m1/s1. The van der Waals surface area contributed by atoms with Gasteiger partial charge in [-0.1, -0.05) is 18.2 Å². The van der Waals surface area contributed by atoms with Crippen molar-refractivity contribution in [3.63, 3.8) is 0 Å². The number of ether oxygens (including phenoxy) is 1. The molecule has 1 aromatic heterocycles. The maximum Gasteiger partial charge on any atom is 0.387 e. The van der Waals surface area contributed by atoms with Crippen LogP contribution in [0.25, 0.3) is 10.9 Å². The number of nitrogens with one attached hydrogen (secondary N) is 2. The second-order valence-corrected chi connectivity index (χ2v) is 10.4. The van der Waals surface area contributed by atoms with E-state index in [1.807, 2.05) is 0 Å². The zero-order chi connectivity index (χ0) is 28.6. The highest BCUT2D eigenvalue weighted by atomic mass is 19.3. The van der Waals surface area contributed by atoms with E-state index < -0.39 is 43.9 Å². The van der Waals surface area contributed by atoms with Crippen LogP contribution in [0.4, 0.5) is 36.4 Å². The lowest BCUT2D eigenvalue weighted by molar-refractivity contribution is -0.0857. The predicted molar refractivity (Wildman–Crippen MR) is 138 cm³/mol. The highest BCUT2D eigenvalue weighted by Gasteiger charge is 2.44. The Morgan fingerprint density at radius 2 is 1.93 bits per heavy atom. The summed E-state index contributed by atoms with van der Waals surface area (Å²) in [5, 5.41) is 3.80. The zero-order valence-corrected chi connectivity index (χ0v) is 21.8. The van der Waals surface area contributed by atoms with Crippen molar-refractivity contribution in [2.24, 2.45) is 0 Å². The van der Waals surface area contributed by atoms with E-state index in [0.29, 0.717) is 36.1 Å². The van der Waals surface area contributed by atoms with Crippen molar-refractivity contribution >= 4 is 16.6 Å². The van der Waals surface area contributed by atoms with Crippen LogP contribution in [0.1, 0.15) is 42.6 Å². The Labute approximate surface area is 227 Å². The minimum atomic E-state index is -3.37. The van der Waals surface area contributed by atoms with Crippen LogP contribution in [0, 0.1) is 5.82 Å². The molecule has 2 aromatic carbocycles. The molecule has 2 N–H and O–H groups in total. The lowest BCUT2D eigenvalue weighted by Crippen LogP contribution is -2.49. The topological polar surface area (TPSA) is 43.5 Å². The van der Waals surface area contributed by atoms with Crippen LogP contribution >= 0.6 is 0 Å². The fraction of sp³-hybridized carbons (Fsp3) is 0.500. The van der Waals surface area contributed by atoms with Crippen molar-refractivity contribution in [2.45, 2.75) is 63.6 Å². The van der Waals surface area contributed by atoms with Gasteiger partial charge in [0.25, 0.3) is 6.43 Å². The number of halogens is 7. The third-order valence-corrected chi connectivity index (χ3v) is 7.77. The number of para-hydroxylation sites is 1. The smallest absolute Gasteiger partial charge is 0.387 e. The first-order valence-electron chi connectivity index (χ1n) is 13.3. The van der Waals surface area contributed by atoms with Crippen LogP contribution < -0.4 is 10.1 Å². The van der Waals surface area contributed by atoms with Gasteiger partial charge in [-0.3, -0.25) is 9.29 Å². The normalized spacial score (nSPS) is 22.8. The van der Waals surface area contributed by atoms with Crippen LogP contribution in [0.5, 0.6) is 5.75 Å². The molecule has 5 rings (SSSR count). The number of benzene rings is 2. The largest absolute Gasteiger partial charge is 0.434 e. The van der Waals surface area contributed by atoms with Gasteiger partial charge in [0.2, 0.25) is 6.30 Å². The minimum absolute atomic E-state index is 0.0200. The molecular weight excluding hydrogens is 541 g/mol. The van der Waals surface area contributed by atoms with Crippen molar-refractivity contribution in [3.05, 3.63) is 59.0 Å². The molecule has 4 atom stereocenters. The van der Waals surface area contributed by atoms with E-state index >= 15 is 4.39 Å². The summed E-state index contributed by atoms with van der Waals surface area (Å²) in [4.78, 5) is 5.97. The van der Waals surface area contributed by atoms with Crippen LogP contribution in [0.15, 0.2) is 36.4 Å². The molecule has 5 nitrogen and oxygen atoms in total. The predicted octanol–water partition coefficient (Wildman–Crippen LogP) is 6.65. The Balaban J connectivity index is 1.56. The average molecular weight is 573 g/mol. The van der Waals surface area contributed by atoms with E-state index in [-0.39, 0.29) is 35.0 Å². The zero-order valence-electron chi connectivity index (χ0n) is 21.8. The molecule has 0 spiro atoms. The Kier molecular flexibility index (Phi) is 8.46. The number of H-pyrrole nitrogens is 1. The molecule has 0 amide bonds. The van der Waals surface area contributed by atoms with Gasteiger partial charge in [0.15, 0.2) is 0 Å². The molecule has 3 unspecified atom stereocenters. The highest BCUT2D eigenvalue weighted by molar-refractivity contribution is 5.86. The van der Waals surface area contributed by atoms with Gasteiger partial charge >= 0.3 is 6.61 Å². The molecule has 2 aliphatic rings. The number of likely N-dealkylation sites (tertiary alicyclic amines) is 1. The molecule has 1 saturated heterocycles. The monoisotopic (exact) mass is 572 g/mol. The molecule has 0 aliphatic carbocycles. The van der Waals surface area contributed by atoms with Crippen molar-refractivity contribution < 1.29 is 35.5 Å². The summed E-state index contributed by atoms with van der Waals surface area (Å²) in [6.45, 7) is -0.0512. The quantitative estimate of drug-likeness (QED) is 0.211. The third-order valence-electron chi connectivity index (χ3n) is 7.77. The van der Waals surface area contributed by atoms with E-state index in [9.17, 15) is 26.3 Å². The Morgan fingerprint density at radius 1 is 1.12 bits per heavy atom. The van der Waals surface area contributed by atoms with E-state index in [1.54, 1.807) is 19.1 Å². The summed E-state index contributed by atoms with van der Waals surface area (Å²) in [6, 6.07) is 6.77. The van der Waals surface area contributed by atoms with Gasteiger partial charge in [0, 0.05) is 60.1 Å². The van der Waals surface area contributed by atoms with Gasteiger partial charge in [-0.15, -0.1) is 0 Å². The molecule has 0 saturated carbocycles. The third kappa shape index (κ3) is 5.60. The number of rotatable bonds is 10. The lowest BCUT2D eigenvalue weighted by atomic mass is 9.88. The van der Waals surface area contributed by atoms with Crippen molar-refractivity contribution in [1.29, 1.82) is 0 Å². The van der Waals surface area contributed by atoms with Crippen LogP contribution in [-0.4, -0.2) is 72.5 Å². The molecule has 0 radical (unpaired) electrons. The fourth-order valence-electron chi connectivity index (χ4n) is 6.07. The van der Waals surface area contributed by atoms with E-state index in [0.717, 1.165) is 17.9 Å². The van der Waals surface area contributed by atoms with Gasteiger partial charge in [-0.2, -0.15) is 8.78 Å². The first-order chi connectivity index (χ1) is 19.2. The highest BCUT2D eigenvalue weighted by Crippen LogP contribution is 2.46. The average Bonchev–Trinajstić information content (AvgIpc) is 3.51. The molecule has 40 heavy (non-hydrogen) atoms. The van der Waals surface area contributed by atoms with Crippen molar-refractivity contribution in [1.82, 2.24) is 14.8 Å². The van der Waals surface area contributed by atoms with Gasteiger partial charge in [-0.25, -0.2) is 17.6 Å². The summed E-state index contributed by atoms with van der Waals surface area (Å²) in [5.74, 6) is -0.876. The summed E-state index contributed by atoms with van der Waals surface area (Å²) < 4.78 is 102. The lowest BCUT2D eigenvalue weighted by Gasteiger charge is -2.42. The second-order valence-electron chi connectivity index (χ2n) is 10.4. The Bertz CT molecular complexity index is 1320. The molecule has 3 aromatic rings. The van der Waals surface area contributed by atoms with Gasteiger partial charge < -0.3 is 19.9 Å². The fourth-order valence-corrected chi connectivity index (χ4v) is 6.07. The van der Waals surface area contributed by atoms with E-state index in [1.165, 1.54) is 24.3 Å². The Hall–Kier alpha value is -2.99. The summed E-state index contributed by atoms with van der Waals surface area (Å²) in [5.41, 5.74) is 1.49. The van der Waals surface area contributed by atoms with Gasteiger partial charge in [0.1, 0.15) is 11.6 Å². The molecular formula is C28H31F7N4O. The number of hydrogen-bond acceptors (Lipinski definition) is 4. The molecule has 12 heteroatoms. The maximum absolute atomic E-state index is 15.2. The number of nitrogens with zero attached hydrogens (tertiary/aromatic N) is 2.